The van der Waals surface area contributed by atoms with Gasteiger partial charge < -0.3 is 4.74 Å². The summed E-state index contributed by atoms with van der Waals surface area (Å²) in [7, 11) is 0. The zero-order chi connectivity index (χ0) is 15.5. The van der Waals surface area contributed by atoms with E-state index in [1.165, 1.54) is 0 Å². The lowest BCUT2D eigenvalue weighted by Gasteiger charge is -2.37. The van der Waals surface area contributed by atoms with Crippen molar-refractivity contribution in [3.05, 3.63) is 0 Å². The van der Waals surface area contributed by atoms with Crippen molar-refractivity contribution in [1.82, 2.24) is 0 Å². The molecule has 0 aromatic rings. The minimum Gasteiger partial charge on any atom is -0.463 e. The molecule has 19 heavy (non-hydrogen) atoms. The van der Waals surface area contributed by atoms with Crippen LogP contribution in [-0.4, -0.2) is 24.5 Å². The van der Waals surface area contributed by atoms with Crippen molar-refractivity contribution in [2.24, 2.45) is 5.92 Å². The molecule has 0 N–H and O–H groups in total. The molecule has 0 aliphatic heterocycles. The monoisotopic (exact) mass is 430 g/mol. The topological polar surface area (TPSA) is 26.3 Å². The Morgan fingerprint density at radius 3 is 1.74 bits per heavy atom. The maximum atomic E-state index is 11.8. The molecular formula is C9H10Cl8O2. The van der Waals surface area contributed by atoms with E-state index in [0.29, 0.717) is 6.42 Å². The Hall–Kier alpha value is 1.79. The number of unbranched alkanes of at least 4 members (excludes halogenated alkanes) is 1. The zero-order valence-corrected chi connectivity index (χ0v) is 15.6. The summed E-state index contributed by atoms with van der Waals surface area (Å²) < 4.78 is -1.82. The van der Waals surface area contributed by atoms with Gasteiger partial charge in [-0.1, -0.05) is 106 Å². The molecule has 0 amide bonds. The average Bonchev–Trinajstić information content (AvgIpc) is 2.11. The molecule has 0 saturated heterocycles. The number of carbonyl (C=O) groups is 1. The van der Waals surface area contributed by atoms with Crippen molar-refractivity contribution >= 4 is 98.8 Å². The SMILES string of the molecule is CCCCOC(=O)C(Cl)(Cl)C(C(Cl)(Cl)Cl)C(Cl)(Cl)Cl. The minimum atomic E-state index is -2.32. The van der Waals surface area contributed by atoms with Crippen LogP contribution in [0.4, 0.5) is 0 Å². The van der Waals surface area contributed by atoms with Crippen LogP contribution < -0.4 is 0 Å². The van der Waals surface area contributed by atoms with Crippen LogP contribution in [0.5, 0.6) is 0 Å². The van der Waals surface area contributed by atoms with Gasteiger partial charge in [-0.2, -0.15) is 0 Å². The Morgan fingerprint density at radius 1 is 1.00 bits per heavy atom. The van der Waals surface area contributed by atoms with Gasteiger partial charge in [-0.05, 0) is 6.42 Å². The molecule has 0 heterocycles. The van der Waals surface area contributed by atoms with Crippen molar-refractivity contribution in [2.45, 2.75) is 31.7 Å². The van der Waals surface area contributed by atoms with Crippen LogP contribution in [0.3, 0.4) is 0 Å². The molecule has 0 aliphatic rings. The highest BCUT2D eigenvalue weighted by molar-refractivity contribution is 6.74. The largest absolute Gasteiger partial charge is 0.463 e. The number of alkyl halides is 8. The van der Waals surface area contributed by atoms with E-state index in [1.807, 2.05) is 6.92 Å². The molecule has 2 nitrogen and oxygen atoms in total. The molecule has 0 radical (unpaired) electrons. The summed E-state index contributed by atoms with van der Waals surface area (Å²) in [5.41, 5.74) is 0. The highest BCUT2D eigenvalue weighted by Crippen LogP contribution is 2.56. The molecule has 0 atom stereocenters. The van der Waals surface area contributed by atoms with Crippen molar-refractivity contribution in [3.63, 3.8) is 0 Å². The van der Waals surface area contributed by atoms with Crippen LogP contribution in [0.2, 0.25) is 0 Å². The number of rotatable bonds is 5. The first-order valence-corrected chi connectivity index (χ1v) is 8.06. The molecule has 114 valence electrons. The second-order valence-corrected chi connectivity index (χ2v) is 9.75. The van der Waals surface area contributed by atoms with Gasteiger partial charge in [-0.15, -0.1) is 0 Å². The quantitative estimate of drug-likeness (QED) is 0.308. The predicted molar refractivity (Wildman–Crippen MR) is 84.4 cm³/mol. The lowest BCUT2D eigenvalue weighted by molar-refractivity contribution is -0.145. The number of carbonyl (C=O) groups excluding carboxylic acids is 1. The number of esters is 1. The van der Waals surface area contributed by atoms with Gasteiger partial charge in [0.1, 0.15) is 0 Å². The van der Waals surface area contributed by atoms with Crippen molar-refractivity contribution < 1.29 is 9.53 Å². The van der Waals surface area contributed by atoms with Gasteiger partial charge in [0.15, 0.2) is 0 Å². The molecule has 0 spiro atoms. The Balaban J connectivity index is 5.15. The molecule has 0 saturated carbocycles. The molecule has 0 aliphatic carbocycles. The van der Waals surface area contributed by atoms with Gasteiger partial charge in [0.05, 0.1) is 12.5 Å². The Labute approximate surface area is 151 Å². The van der Waals surface area contributed by atoms with E-state index in [2.05, 4.69) is 0 Å². The number of halogens is 8. The molecular weight excluding hydrogens is 424 g/mol. The summed E-state index contributed by atoms with van der Waals surface area (Å²) in [5, 5.41) is 0. The first-order chi connectivity index (χ1) is 8.35. The van der Waals surface area contributed by atoms with Crippen LogP contribution in [0, 0.1) is 5.92 Å². The fraction of sp³-hybridized carbons (Fsp3) is 0.889. The van der Waals surface area contributed by atoms with Crippen LogP contribution in [0.25, 0.3) is 0 Å². The minimum absolute atomic E-state index is 0.114. The lowest BCUT2D eigenvalue weighted by atomic mass is 10.1. The van der Waals surface area contributed by atoms with Crippen molar-refractivity contribution in [1.29, 1.82) is 0 Å². The predicted octanol–water partition coefficient (Wildman–Crippen LogP) is 5.86. The molecule has 0 unspecified atom stereocenters. The fourth-order valence-corrected chi connectivity index (χ4v) is 5.02. The Morgan fingerprint density at radius 2 is 1.42 bits per heavy atom. The van der Waals surface area contributed by atoms with Gasteiger partial charge in [0.25, 0.3) is 0 Å². The summed E-state index contributed by atoms with van der Waals surface area (Å²) >= 11 is 45.8. The first-order valence-electron chi connectivity index (χ1n) is 5.03. The summed E-state index contributed by atoms with van der Waals surface area (Å²) in [5.74, 6) is -2.66. The third kappa shape index (κ3) is 6.61. The molecule has 0 fully saturated rings. The second-order valence-electron chi connectivity index (χ2n) is 3.63. The van der Waals surface area contributed by atoms with Gasteiger partial charge >= 0.3 is 5.97 Å². The van der Waals surface area contributed by atoms with E-state index >= 15 is 0 Å². The average molecular weight is 434 g/mol. The zero-order valence-electron chi connectivity index (χ0n) is 9.54. The summed E-state index contributed by atoms with van der Waals surface area (Å²) in [6.07, 6.45) is 1.44. The summed E-state index contributed by atoms with van der Waals surface area (Å²) in [6.45, 7) is 2.02. The van der Waals surface area contributed by atoms with E-state index in [-0.39, 0.29) is 6.61 Å². The van der Waals surface area contributed by atoms with Crippen LogP contribution in [0.15, 0.2) is 0 Å². The normalized spacial score (nSPS) is 13.8. The van der Waals surface area contributed by atoms with E-state index in [9.17, 15) is 4.79 Å². The molecule has 0 rings (SSSR count). The number of hydrogen-bond acceptors (Lipinski definition) is 2. The van der Waals surface area contributed by atoms with Crippen LogP contribution in [0.1, 0.15) is 19.8 Å². The Kier molecular flexibility index (Phi) is 8.62. The second kappa shape index (κ2) is 7.87. The van der Waals surface area contributed by atoms with E-state index in [1.54, 1.807) is 0 Å². The van der Waals surface area contributed by atoms with Crippen molar-refractivity contribution in [3.8, 4) is 0 Å². The number of ether oxygens (including phenoxy) is 1. The van der Waals surface area contributed by atoms with E-state index in [4.69, 9.17) is 97.5 Å². The van der Waals surface area contributed by atoms with Gasteiger partial charge in [0.2, 0.25) is 11.9 Å². The van der Waals surface area contributed by atoms with Gasteiger partial charge in [0, 0.05) is 0 Å². The fourth-order valence-electron chi connectivity index (χ4n) is 1.12. The number of hydrogen-bond donors (Lipinski definition) is 0. The van der Waals surface area contributed by atoms with E-state index in [0.717, 1.165) is 6.42 Å². The summed E-state index contributed by atoms with van der Waals surface area (Å²) in [6, 6.07) is 0. The first kappa shape index (κ1) is 20.8. The maximum Gasteiger partial charge on any atom is 0.343 e. The summed E-state index contributed by atoms with van der Waals surface area (Å²) in [4.78, 5) is 11.8. The standard InChI is InChI=1S/C9H10Cl8O2/c1-2-3-4-19-6(18)7(10,11)5(8(12,13)14)9(15,16)17/h5H,2-4H2,1H3. The lowest BCUT2D eigenvalue weighted by Crippen LogP contribution is -2.49. The molecule has 0 bridgehead atoms. The molecule has 0 aromatic carbocycles. The molecule has 0 aromatic heterocycles. The highest BCUT2D eigenvalue weighted by Gasteiger charge is 2.61. The third-order valence-corrected chi connectivity index (χ3v) is 4.07. The Bertz CT molecular complexity index is 292. The van der Waals surface area contributed by atoms with Gasteiger partial charge in [-0.3, -0.25) is 0 Å². The van der Waals surface area contributed by atoms with Gasteiger partial charge in [-0.25, -0.2) is 4.79 Å². The third-order valence-electron chi connectivity index (χ3n) is 2.02. The van der Waals surface area contributed by atoms with Crippen LogP contribution in [-0.2, 0) is 9.53 Å². The highest BCUT2D eigenvalue weighted by atomic mass is 35.6. The maximum absolute atomic E-state index is 11.8. The van der Waals surface area contributed by atoms with Crippen LogP contribution >= 0.6 is 92.8 Å². The van der Waals surface area contributed by atoms with E-state index < -0.39 is 23.8 Å². The molecule has 10 heteroatoms. The van der Waals surface area contributed by atoms with Crippen molar-refractivity contribution in [2.75, 3.05) is 6.61 Å². The smallest absolute Gasteiger partial charge is 0.343 e.